The zero-order valence-corrected chi connectivity index (χ0v) is 13.9. The quantitative estimate of drug-likeness (QED) is 0.772. The topological polar surface area (TPSA) is 32.7 Å². The third-order valence-electron chi connectivity index (χ3n) is 3.75. The van der Waals surface area contributed by atoms with Crippen molar-refractivity contribution in [2.75, 3.05) is 0 Å². The van der Waals surface area contributed by atoms with Crippen molar-refractivity contribution < 1.29 is 13.6 Å². The summed E-state index contributed by atoms with van der Waals surface area (Å²) >= 11 is 5.43. The molecule has 0 radical (unpaired) electrons. The van der Waals surface area contributed by atoms with Crippen LogP contribution >= 0.6 is 12.2 Å². The van der Waals surface area contributed by atoms with Gasteiger partial charge in [0.25, 0.3) is 5.91 Å². The minimum atomic E-state index is -0.883. The highest BCUT2D eigenvalue weighted by atomic mass is 32.1. The van der Waals surface area contributed by atoms with Crippen molar-refractivity contribution in [2.24, 2.45) is 4.99 Å². The van der Waals surface area contributed by atoms with Gasteiger partial charge < -0.3 is 0 Å². The maximum absolute atomic E-state index is 13.1. The highest BCUT2D eigenvalue weighted by molar-refractivity contribution is 7.82. The lowest BCUT2D eigenvalue weighted by Gasteiger charge is -2.29. The molecule has 1 aliphatic heterocycles. The van der Waals surface area contributed by atoms with Crippen LogP contribution in [-0.2, 0) is 0 Å². The van der Waals surface area contributed by atoms with Gasteiger partial charge in [-0.2, -0.15) is 0 Å². The molecular weight excluding hydrogens is 330 g/mol. The molecule has 0 saturated carbocycles. The molecule has 6 heteroatoms. The molecule has 0 atom stereocenters. The van der Waals surface area contributed by atoms with E-state index in [0.29, 0.717) is 16.8 Å². The Morgan fingerprint density at radius 2 is 1.50 bits per heavy atom. The van der Waals surface area contributed by atoms with Crippen LogP contribution in [0.2, 0.25) is 0 Å². The maximum Gasteiger partial charge on any atom is 0.260 e. The monoisotopic (exact) mass is 344 g/mol. The normalized spacial score (nSPS) is 16.2. The number of hydrogen-bond donors (Lipinski definition) is 0. The smallest absolute Gasteiger partial charge is 0.260 e. The summed E-state index contributed by atoms with van der Waals surface area (Å²) in [6.45, 7) is 3.52. The Hall–Kier alpha value is -2.47. The number of benzene rings is 2. The molecule has 2 aromatic carbocycles. The average Bonchev–Trinajstić information content (AvgIpc) is 2.78. The van der Waals surface area contributed by atoms with E-state index >= 15 is 0 Å². The lowest BCUT2D eigenvalue weighted by molar-refractivity contribution is 0.0758. The number of halogens is 2. The van der Waals surface area contributed by atoms with Gasteiger partial charge in [0.15, 0.2) is 0 Å². The van der Waals surface area contributed by atoms with Crippen molar-refractivity contribution in [3.05, 3.63) is 71.3 Å². The van der Waals surface area contributed by atoms with Crippen molar-refractivity contribution in [1.82, 2.24) is 4.90 Å². The Morgan fingerprint density at radius 1 is 1.00 bits per heavy atom. The summed E-state index contributed by atoms with van der Waals surface area (Å²) in [6.07, 6.45) is 0. The molecule has 0 unspecified atom stereocenters. The molecule has 3 nitrogen and oxygen atoms in total. The second-order valence-electron chi connectivity index (χ2n) is 5.91. The van der Waals surface area contributed by atoms with Crippen LogP contribution in [0.4, 0.5) is 8.78 Å². The summed E-state index contributed by atoms with van der Waals surface area (Å²) < 4.78 is 26.2. The third kappa shape index (κ3) is 2.85. The molecule has 0 spiro atoms. The zero-order chi connectivity index (χ0) is 17.5. The van der Waals surface area contributed by atoms with Gasteiger partial charge in [0, 0.05) is 11.1 Å². The number of hydrogen-bond acceptors (Lipinski definition) is 3. The van der Waals surface area contributed by atoms with Crippen LogP contribution in [-0.4, -0.2) is 27.2 Å². The molecular formula is C18H14F2N2OS. The first-order valence-corrected chi connectivity index (χ1v) is 7.71. The summed E-state index contributed by atoms with van der Waals surface area (Å²) in [6, 6.07) is 11.0. The number of thiocarbonyl (C=S) groups is 1. The standard InChI is InChI=1S/C18H14F2N2OS/c1-18(2)21-15(11-3-7-13(19)8-4-11)17(24)22(18)16(23)12-5-9-14(20)10-6-12/h3-10H,1-2H3. The van der Waals surface area contributed by atoms with Crippen LogP contribution in [0, 0.1) is 11.6 Å². The molecule has 0 aliphatic carbocycles. The van der Waals surface area contributed by atoms with Crippen molar-refractivity contribution in [2.45, 2.75) is 19.5 Å². The average molecular weight is 344 g/mol. The van der Waals surface area contributed by atoms with Crippen molar-refractivity contribution >= 4 is 28.8 Å². The van der Waals surface area contributed by atoms with Gasteiger partial charge in [0.05, 0.1) is 0 Å². The van der Waals surface area contributed by atoms with Gasteiger partial charge in [-0.1, -0.05) is 12.2 Å². The SMILES string of the molecule is CC1(C)N=C(c2ccc(F)cc2)C(=S)N1C(=O)c1ccc(F)cc1. The van der Waals surface area contributed by atoms with Crippen molar-refractivity contribution in [3.8, 4) is 0 Å². The lowest BCUT2D eigenvalue weighted by Crippen LogP contribution is -2.46. The molecule has 0 saturated heterocycles. The fraction of sp³-hybridized carbons (Fsp3) is 0.167. The van der Waals surface area contributed by atoms with E-state index < -0.39 is 11.5 Å². The van der Waals surface area contributed by atoms with Gasteiger partial charge >= 0.3 is 0 Å². The van der Waals surface area contributed by atoms with Gasteiger partial charge in [-0.3, -0.25) is 14.7 Å². The highest BCUT2D eigenvalue weighted by Gasteiger charge is 2.42. The number of aliphatic imine (C=N–C) groups is 1. The molecule has 1 heterocycles. The number of rotatable bonds is 2. The van der Waals surface area contributed by atoms with Crippen LogP contribution in [0.15, 0.2) is 53.5 Å². The molecule has 0 fully saturated rings. The molecule has 1 aliphatic rings. The number of amides is 1. The van der Waals surface area contributed by atoms with E-state index in [0.717, 1.165) is 0 Å². The summed E-state index contributed by atoms with van der Waals surface area (Å²) in [5, 5.41) is 0. The molecule has 0 N–H and O–H groups in total. The Balaban J connectivity index is 1.96. The predicted molar refractivity (Wildman–Crippen MR) is 92.2 cm³/mol. The van der Waals surface area contributed by atoms with E-state index in [9.17, 15) is 13.6 Å². The van der Waals surface area contributed by atoms with Gasteiger partial charge in [0.1, 0.15) is 28.0 Å². The van der Waals surface area contributed by atoms with E-state index in [4.69, 9.17) is 12.2 Å². The van der Waals surface area contributed by atoms with Crippen LogP contribution in [0.1, 0.15) is 29.8 Å². The first kappa shape index (κ1) is 16.4. The Labute approximate surface area is 143 Å². The molecule has 0 bridgehead atoms. The summed E-state index contributed by atoms with van der Waals surface area (Å²) in [5.41, 5.74) is 0.545. The van der Waals surface area contributed by atoms with Crippen molar-refractivity contribution in [3.63, 3.8) is 0 Å². The Kier molecular flexibility index (Phi) is 4.01. The predicted octanol–water partition coefficient (Wildman–Crippen LogP) is 3.97. The summed E-state index contributed by atoms with van der Waals surface area (Å²) in [5.74, 6) is -1.13. The minimum absolute atomic E-state index is 0.265. The van der Waals surface area contributed by atoms with E-state index in [1.165, 1.54) is 41.3 Å². The second kappa shape index (κ2) is 5.87. The first-order valence-electron chi connectivity index (χ1n) is 7.30. The molecule has 1 amide bonds. The van der Waals surface area contributed by atoms with Gasteiger partial charge in [-0.25, -0.2) is 8.78 Å². The van der Waals surface area contributed by atoms with Crippen LogP contribution < -0.4 is 0 Å². The second-order valence-corrected chi connectivity index (χ2v) is 6.30. The lowest BCUT2D eigenvalue weighted by atomic mass is 10.1. The van der Waals surface area contributed by atoms with Gasteiger partial charge in [0.2, 0.25) is 0 Å². The Bertz CT molecular complexity index is 842. The van der Waals surface area contributed by atoms with Crippen LogP contribution in [0.5, 0.6) is 0 Å². The van der Waals surface area contributed by atoms with E-state index in [2.05, 4.69) is 4.99 Å². The largest absolute Gasteiger partial charge is 0.272 e. The zero-order valence-electron chi connectivity index (χ0n) is 13.1. The van der Waals surface area contributed by atoms with E-state index in [1.807, 2.05) is 0 Å². The summed E-state index contributed by atoms with van der Waals surface area (Å²) in [4.78, 5) is 19.0. The van der Waals surface area contributed by atoms with Crippen LogP contribution in [0.25, 0.3) is 0 Å². The third-order valence-corrected chi connectivity index (χ3v) is 4.13. The van der Waals surface area contributed by atoms with Gasteiger partial charge in [-0.15, -0.1) is 0 Å². The fourth-order valence-corrected chi connectivity index (χ4v) is 3.05. The van der Waals surface area contributed by atoms with Gasteiger partial charge in [-0.05, 0) is 62.4 Å². The molecule has 3 rings (SSSR count). The molecule has 0 aromatic heterocycles. The van der Waals surface area contributed by atoms with Crippen molar-refractivity contribution in [1.29, 1.82) is 0 Å². The highest BCUT2D eigenvalue weighted by Crippen LogP contribution is 2.29. The number of carbonyl (C=O) groups excluding carboxylic acids is 1. The van der Waals surface area contributed by atoms with E-state index in [1.54, 1.807) is 26.0 Å². The minimum Gasteiger partial charge on any atom is -0.272 e. The number of carbonyl (C=O) groups is 1. The number of nitrogens with zero attached hydrogens (tertiary/aromatic N) is 2. The fourth-order valence-electron chi connectivity index (χ4n) is 2.58. The van der Waals surface area contributed by atoms with Crippen LogP contribution in [0.3, 0.4) is 0 Å². The molecule has 122 valence electrons. The summed E-state index contributed by atoms with van der Waals surface area (Å²) in [7, 11) is 0. The van der Waals surface area contributed by atoms with E-state index in [-0.39, 0.29) is 16.7 Å². The molecule has 24 heavy (non-hydrogen) atoms. The molecule has 2 aromatic rings. The first-order chi connectivity index (χ1) is 11.3. The maximum atomic E-state index is 13.1. The Morgan fingerprint density at radius 3 is 2.04 bits per heavy atom.